The van der Waals surface area contributed by atoms with Crippen LogP contribution in [0, 0.1) is 0 Å². The number of halogens is 1. The van der Waals surface area contributed by atoms with Crippen LogP contribution in [0.2, 0.25) is 5.02 Å². The van der Waals surface area contributed by atoms with Gasteiger partial charge >= 0.3 is 0 Å². The first-order chi connectivity index (χ1) is 12.9. The zero-order chi connectivity index (χ0) is 19.8. The van der Waals surface area contributed by atoms with Gasteiger partial charge in [-0.2, -0.15) is 0 Å². The molecule has 27 heavy (non-hydrogen) atoms. The highest BCUT2D eigenvalue weighted by atomic mass is 35.5. The number of benzene rings is 2. The van der Waals surface area contributed by atoms with Crippen molar-refractivity contribution in [3.05, 3.63) is 64.7 Å². The van der Waals surface area contributed by atoms with Crippen molar-refractivity contribution in [3.63, 3.8) is 0 Å². The number of carbonyl (C=O) groups excluding carboxylic acids is 2. The SMILES string of the molecule is CCN(CC)C(=O)c1ccc(NC(=O)C[NH2+][C@H](C)c2ccc(Cl)cc2)cc1. The minimum atomic E-state index is -0.0846. The zero-order valence-electron chi connectivity index (χ0n) is 16.0. The van der Waals surface area contributed by atoms with Crippen molar-refractivity contribution in [1.29, 1.82) is 0 Å². The van der Waals surface area contributed by atoms with Gasteiger partial charge in [-0.05, 0) is 57.2 Å². The smallest absolute Gasteiger partial charge is 0.279 e. The van der Waals surface area contributed by atoms with Crippen molar-refractivity contribution in [2.24, 2.45) is 0 Å². The number of carbonyl (C=O) groups is 2. The number of amides is 2. The van der Waals surface area contributed by atoms with Gasteiger partial charge in [-0.1, -0.05) is 23.7 Å². The molecule has 0 heterocycles. The number of quaternary nitrogens is 1. The summed E-state index contributed by atoms with van der Waals surface area (Å²) in [5, 5.41) is 5.53. The first kappa shape index (κ1) is 20.9. The van der Waals surface area contributed by atoms with Gasteiger partial charge in [0.2, 0.25) is 0 Å². The number of nitrogens with one attached hydrogen (secondary N) is 1. The summed E-state index contributed by atoms with van der Waals surface area (Å²) in [4.78, 5) is 26.2. The van der Waals surface area contributed by atoms with Crippen LogP contribution in [0.25, 0.3) is 0 Å². The Balaban J connectivity index is 1.86. The lowest BCUT2D eigenvalue weighted by atomic mass is 10.1. The van der Waals surface area contributed by atoms with E-state index in [1.165, 1.54) is 0 Å². The quantitative estimate of drug-likeness (QED) is 0.729. The number of nitrogens with zero attached hydrogens (tertiary/aromatic N) is 1. The van der Waals surface area contributed by atoms with E-state index in [1.54, 1.807) is 29.2 Å². The van der Waals surface area contributed by atoms with E-state index in [9.17, 15) is 9.59 Å². The summed E-state index contributed by atoms with van der Waals surface area (Å²) in [6, 6.07) is 14.8. The fraction of sp³-hybridized carbons (Fsp3) is 0.333. The molecule has 2 rings (SSSR count). The summed E-state index contributed by atoms with van der Waals surface area (Å²) in [7, 11) is 0. The first-order valence-corrected chi connectivity index (χ1v) is 9.60. The molecular weight excluding hydrogens is 362 g/mol. The normalized spacial score (nSPS) is 11.7. The molecule has 2 aromatic carbocycles. The Morgan fingerprint density at radius 3 is 2.19 bits per heavy atom. The van der Waals surface area contributed by atoms with Crippen LogP contribution in [0.1, 0.15) is 42.7 Å². The third-order valence-electron chi connectivity index (χ3n) is 4.52. The van der Waals surface area contributed by atoms with E-state index in [0.29, 0.717) is 35.9 Å². The summed E-state index contributed by atoms with van der Waals surface area (Å²) in [5.41, 5.74) is 2.43. The monoisotopic (exact) mass is 388 g/mol. The second-order valence-electron chi connectivity index (χ2n) is 6.38. The summed E-state index contributed by atoms with van der Waals surface area (Å²) in [6.07, 6.45) is 0. The molecule has 6 heteroatoms. The highest BCUT2D eigenvalue weighted by Gasteiger charge is 2.14. The molecule has 0 aliphatic heterocycles. The van der Waals surface area contributed by atoms with Crippen LogP contribution >= 0.6 is 11.6 Å². The van der Waals surface area contributed by atoms with Crippen LogP contribution in [-0.4, -0.2) is 36.3 Å². The minimum Gasteiger partial charge on any atom is -0.339 e. The van der Waals surface area contributed by atoms with E-state index in [0.717, 1.165) is 5.56 Å². The molecule has 0 aromatic heterocycles. The lowest BCUT2D eigenvalue weighted by Crippen LogP contribution is -2.86. The Hall–Kier alpha value is -2.37. The molecule has 0 aliphatic carbocycles. The molecule has 0 unspecified atom stereocenters. The molecule has 0 radical (unpaired) electrons. The Morgan fingerprint density at radius 1 is 1.04 bits per heavy atom. The molecule has 1 atom stereocenters. The van der Waals surface area contributed by atoms with Gasteiger partial charge in [0.15, 0.2) is 6.54 Å². The summed E-state index contributed by atoms with van der Waals surface area (Å²) in [5.74, 6) is -0.0818. The van der Waals surface area contributed by atoms with Gasteiger partial charge in [-0.15, -0.1) is 0 Å². The lowest BCUT2D eigenvalue weighted by molar-refractivity contribution is -0.682. The van der Waals surface area contributed by atoms with Crippen LogP contribution in [0.3, 0.4) is 0 Å². The topological polar surface area (TPSA) is 66.0 Å². The first-order valence-electron chi connectivity index (χ1n) is 9.22. The van der Waals surface area contributed by atoms with Gasteiger partial charge in [0, 0.05) is 34.9 Å². The van der Waals surface area contributed by atoms with Gasteiger partial charge in [-0.25, -0.2) is 0 Å². The molecule has 0 saturated carbocycles. The third kappa shape index (κ3) is 6.08. The van der Waals surface area contributed by atoms with Crippen molar-refractivity contribution >= 4 is 29.1 Å². The van der Waals surface area contributed by atoms with E-state index in [1.807, 2.05) is 50.4 Å². The van der Waals surface area contributed by atoms with Crippen LogP contribution in [0.15, 0.2) is 48.5 Å². The predicted octanol–water partition coefficient (Wildman–Crippen LogP) is 3.09. The predicted molar refractivity (Wildman–Crippen MR) is 109 cm³/mol. The Labute approximate surface area is 165 Å². The summed E-state index contributed by atoms with van der Waals surface area (Å²) in [6.45, 7) is 7.62. The van der Waals surface area contributed by atoms with E-state index in [2.05, 4.69) is 5.32 Å². The van der Waals surface area contributed by atoms with Gasteiger partial charge in [0.25, 0.3) is 11.8 Å². The number of hydrogen-bond donors (Lipinski definition) is 2. The largest absolute Gasteiger partial charge is 0.339 e. The highest BCUT2D eigenvalue weighted by Crippen LogP contribution is 2.14. The number of rotatable bonds is 8. The van der Waals surface area contributed by atoms with Crippen LogP contribution in [0.5, 0.6) is 0 Å². The fourth-order valence-electron chi connectivity index (χ4n) is 2.79. The van der Waals surface area contributed by atoms with Crippen molar-refractivity contribution < 1.29 is 14.9 Å². The van der Waals surface area contributed by atoms with Gasteiger partial charge < -0.3 is 15.5 Å². The average Bonchev–Trinajstić information content (AvgIpc) is 2.68. The van der Waals surface area contributed by atoms with Crippen molar-refractivity contribution in [2.45, 2.75) is 26.8 Å². The maximum absolute atomic E-state index is 12.3. The maximum atomic E-state index is 12.3. The second kappa shape index (κ2) is 10.1. The molecule has 5 nitrogen and oxygen atoms in total. The number of nitrogens with two attached hydrogens (primary N) is 1. The average molecular weight is 389 g/mol. The van der Waals surface area contributed by atoms with Crippen LogP contribution < -0.4 is 10.6 Å². The van der Waals surface area contributed by atoms with Gasteiger partial charge in [0.05, 0.1) is 0 Å². The second-order valence-corrected chi connectivity index (χ2v) is 6.82. The van der Waals surface area contributed by atoms with E-state index >= 15 is 0 Å². The summed E-state index contributed by atoms with van der Waals surface area (Å²) < 4.78 is 0. The van der Waals surface area contributed by atoms with E-state index in [4.69, 9.17) is 11.6 Å². The minimum absolute atomic E-state index is 0.00278. The molecule has 0 saturated heterocycles. The van der Waals surface area contributed by atoms with Gasteiger partial charge in [0.1, 0.15) is 6.04 Å². The summed E-state index contributed by atoms with van der Waals surface area (Å²) >= 11 is 5.90. The zero-order valence-corrected chi connectivity index (χ0v) is 16.8. The van der Waals surface area contributed by atoms with Crippen LogP contribution in [0.4, 0.5) is 5.69 Å². The molecule has 2 amide bonds. The van der Waals surface area contributed by atoms with E-state index in [-0.39, 0.29) is 17.9 Å². The van der Waals surface area contributed by atoms with Crippen molar-refractivity contribution in [2.75, 3.05) is 25.0 Å². The molecular formula is C21H27ClN3O2+. The lowest BCUT2D eigenvalue weighted by Gasteiger charge is -2.18. The third-order valence-corrected chi connectivity index (χ3v) is 4.77. The fourth-order valence-corrected chi connectivity index (χ4v) is 2.91. The molecule has 0 aliphatic rings. The molecule has 0 fully saturated rings. The molecule has 0 spiro atoms. The maximum Gasteiger partial charge on any atom is 0.279 e. The molecule has 2 aromatic rings. The highest BCUT2D eigenvalue weighted by molar-refractivity contribution is 6.30. The Morgan fingerprint density at radius 2 is 1.63 bits per heavy atom. The number of anilines is 1. The Bertz CT molecular complexity index is 756. The van der Waals surface area contributed by atoms with Crippen LogP contribution in [-0.2, 0) is 4.79 Å². The molecule has 144 valence electrons. The standard InChI is InChI=1S/C21H26ClN3O2/c1-4-25(5-2)21(27)17-8-12-19(13-9-17)24-20(26)14-23-15(3)16-6-10-18(22)11-7-16/h6-13,15,23H,4-5,14H2,1-3H3,(H,24,26)/p+1/t15-/m1/s1. The number of hydrogen-bond acceptors (Lipinski definition) is 2. The molecule has 3 N–H and O–H groups in total. The molecule has 0 bridgehead atoms. The van der Waals surface area contributed by atoms with Gasteiger partial charge in [-0.3, -0.25) is 9.59 Å². The Kier molecular flexibility index (Phi) is 7.82. The van der Waals surface area contributed by atoms with Crippen molar-refractivity contribution in [3.8, 4) is 0 Å². The van der Waals surface area contributed by atoms with Crippen molar-refractivity contribution in [1.82, 2.24) is 4.90 Å². The van der Waals surface area contributed by atoms with E-state index < -0.39 is 0 Å².